The van der Waals surface area contributed by atoms with Crippen LogP contribution in [0.5, 0.6) is 0 Å². The molecule has 0 radical (unpaired) electrons. The molecule has 148 valence electrons. The van der Waals surface area contributed by atoms with Crippen molar-refractivity contribution in [3.63, 3.8) is 0 Å². The molecule has 0 aliphatic carbocycles. The van der Waals surface area contributed by atoms with E-state index in [0.717, 1.165) is 48.4 Å². The van der Waals surface area contributed by atoms with Crippen molar-refractivity contribution in [2.45, 2.75) is 37.8 Å². The number of amides is 2. The van der Waals surface area contributed by atoms with Crippen LogP contribution < -0.4 is 4.90 Å². The normalized spacial score (nSPS) is 25.1. The first kappa shape index (κ1) is 18.1. The number of nitrogens with zero attached hydrogens (tertiary/aromatic N) is 2. The largest absolute Gasteiger partial charge is 0.342 e. The number of imide groups is 1. The second kappa shape index (κ2) is 7.44. The number of likely N-dealkylation sites (tertiary alicyclic amines) is 2. The van der Waals surface area contributed by atoms with Crippen LogP contribution in [-0.2, 0) is 16.1 Å². The number of hydrogen-bond donors (Lipinski definition) is 2. The number of H-pyrrole nitrogens is 1. The van der Waals surface area contributed by atoms with E-state index in [1.165, 1.54) is 9.80 Å². The van der Waals surface area contributed by atoms with Crippen LogP contribution >= 0.6 is 0 Å². The fourth-order valence-corrected chi connectivity index (χ4v) is 4.71. The summed E-state index contributed by atoms with van der Waals surface area (Å²) in [5, 5.41) is 0. The standard InChI is InChI=1S/C23H24N4O2/c28-21-14-20(23(29)27(21)15-16-6-2-1-3-7-16)26-12-10-17(11-13-26)22-24-18-8-4-5-9-19(18)25-22/h1-9,17,20H,10-15H2,(H,24,25)/p+1/t20-/m0/s1. The van der Waals surface area contributed by atoms with Gasteiger partial charge in [-0.3, -0.25) is 14.5 Å². The third kappa shape index (κ3) is 3.44. The molecule has 2 N–H and O–H groups in total. The predicted octanol–water partition coefficient (Wildman–Crippen LogP) is 1.65. The Morgan fingerprint density at radius 3 is 2.48 bits per heavy atom. The van der Waals surface area contributed by atoms with E-state index in [1.54, 1.807) is 0 Å². The molecular weight excluding hydrogens is 364 g/mol. The van der Waals surface area contributed by atoms with E-state index in [2.05, 4.69) is 11.1 Å². The predicted molar refractivity (Wildman–Crippen MR) is 109 cm³/mol. The first-order chi connectivity index (χ1) is 14.2. The summed E-state index contributed by atoms with van der Waals surface area (Å²) in [6, 6.07) is 17.6. The van der Waals surface area contributed by atoms with Gasteiger partial charge in [-0.05, 0) is 17.7 Å². The van der Waals surface area contributed by atoms with Crippen molar-refractivity contribution < 1.29 is 14.5 Å². The Morgan fingerprint density at radius 1 is 1.00 bits per heavy atom. The van der Waals surface area contributed by atoms with Gasteiger partial charge >= 0.3 is 0 Å². The maximum absolute atomic E-state index is 13.0. The van der Waals surface area contributed by atoms with Gasteiger partial charge in [0.2, 0.25) is 5.91 Å². The second-order valence-corrected chi connectivity index (χ2v) is 8.13. The highest BCUT2D eigenvalue weighted by Gasteiger charge is 2.45. The highest BCUT2D eigenvalue weighted by molar-refractivity contribution is 6.04. The quantitative estimate of drug-likeness (QED) is 0.667. The second-order valence-electron chi connectivity index (χ2n) is 8.13. The minimum absolute atomic E-state index is 0.0176. The molecule has 0 bridgehead atoms. The first-order valence-corrected chi connectivity index (χ1v) is 10.4. The van der Waals surface area contributed by atoms with Gasteiger partial charge in [0.1, 0.15) is 5.82 Å². The van der Waals surface area contributed by atoms with E-state index in [1.807, 2.05) is 48.5 Å². The minimum atomic E-state index is -0.233. The monoisotopic (exact) mass is 389 g/mol. The number of carbonyl (C=O) groups is 2. The van der Waals surface area contributed by atoms with E-state index in [-0.39, 0.29) is 17.9 Å². The van der Waals surface area contributed by atoms with E-state index < -0.39 is 0 Å². The van der Waals surface area contributed by atoms with Crippen LogP contribution in [0.25, 0.3) is 11.0 Å². The van der Waals surface area contributed by atoms with Crippen LogP contribution in [0.15, 0.2) is 54.6 Å². The third-order valence-corrected chi connectivity index (χ3v) is 6.34. The van der Waals surface area contributed by atoms with E-state index >= 15 is 0 Å². The number of piperidine rings is 1. The Kier molecular flexibility index (Phi) is 4.64. The average Bonchev–Trinajstić information content (AvgIpc) is 3.31. The number of nitrogens with one attached hydrogen (secondary N) is 2. The maximum atomic E-state index is 13.0. The van der Waals surface area contributed by atoms with Gasteiger partial charge < -0.3 is 9.88 Å². The molecular formula is C23H25N4O2+. The number of benzene rings is 2. The molecule has 0 spiro atoms. The fraction of sp³-hybridized carbons (Fsp3) is 0.348. The van der Waals surface area contributed by atoms with Gasteiger partial charge in [0.05, 0.1) is 37.1 Å². The van der Waals surface area contributed by atoms with Crippen LogP contribution in [0.3, 0.4) is 0 Å². The van der Waals surface area contributed by atoms with Crippen molar-refractivity contribution in [3.8, 4) is 0 Å². The molecule has 2 saturated heterocycles. The van der Waals surface area contributed by atoms with Crippen LogP contribution in [-0.4, -0.2) is 45.8 Å². The number of carbonyl (C=O) groups excluding carboxylic acids is 2. The highest BCUT2D eigenvalue weighted by Crippen LogP contribution is 2.25. The molecule has 2 aromatic carbocycles. The Labute approximate surface area is 169 Å². The van der Waals surface area contributed by atoms with Crippen molar-refractivity contribution in [1.82, 2.24) is 14.9 Å². The topological polar surface area (TPSA) is 70.5 Å². The molecule has 2 fully saturated rings. The SMILES string of the molecule is O=C1C[C@H]([NH+]2CCC(c3nc4ccccc4[nH]3)CC2)C(=O)N1Cc1ccccc1. The van der Waals surface area contributed by atoms with E-state index in [4.69, 9.17) is 4.98 Å². The number of fused-ring (bicyclic) bond motifs is 1. The van der Waals surface area contributed by atoms with E-state index in [0.29, 0.717) is 18.9 Å². The van der Waals surface area contributed by atoms with Crippen LogP contribution in [0.2, 0.25) is 0 Å². The number of imidazole rings is 1. The maximum Gasteiger partial charge on any atom is 0.288 e. The van der Waals surface area contributed by atoms with Gasteiger partial charge in [0.25, 0.3) is 5.91 Å². The number of aromatic nitrogens is 2. The zero-order chi connectivity index (χ0) is 19.8. The Bertz CT molecular complexity index is 1000. The summed E-state index contributed by atoms with van der Waals surface area (Å²) in [5.74, 6) is 1.37. The van der Waals surface area contributed by atoms with Crippen molar-refractivity contribution in [3.05, 3.63) is 66.0 Å². The van der Waals surface area contributed by atoms with Crippen LogP contribution in [0, 0.1) is 0 Å². The van der Waals surface area contributed by atoms with Gasteiger partial charge in [0.15, 0.2) is 6.04 Å². The van der Waals surface area contributed by atoms with E-state index in [9.17, 15) is 9.59 Å². The third-order valence-electron chi connectivity index (χ3n) is 6.34. The van der Waals surface area contributed by atoms with Crippen LogP contribution in [0.1, 0.15) is 36.6 Å². The van der Waals surface area contributed by atoms with Crippen molar-refractivity contribution in [2.75, 3.05) is 13.1 Å². The van der Waals surface area contributed by atoms with Gasteiger partial charge in [0, 0.05) is 18.8 Å². The summed E-state index contributed by atoms with van der Waals surface area (Å²) in [6.07, 6.45) is 2.29. The molecule has 2 aliphatic rings. The van der Waals surface area contributed by atoms with Crippen molar-refractivity contribution in [1.29, 1.82) is 0 Å². The Hall–Kier alpha value is -2.99. The zero-order valence-corrected chi connectivity index (χ0v) is 16.3. The summed E-state index contributed by atoms with van der Waals surface area (Å²) in [4.78, 5) is 36.3. The molecule has 3 heterocycles. The summed E-state index contributed by atoms with van der Waals surface area (Å²) in [6.45, 7) is 2.17. The lowest BCUT2D eigenvalue weighted by atomic mass is 9.95. The molecule has 0 saturated carbocycles. The lowest BCUT2D eigenvalue weighted by Gasteiger charge is -2.31. The molecule has 1 atom stereocenters. The van der Waals surface area contributed by atoms with Gasteiger partial charge in [-0.1, -0.05) is 42.5 Å². The van der Waals surface area contributed by atoms with Gasteiger partial charge in [-0.2, -0.15) is 0 Å². The van der Waals surface area contributed by atoms with Crippen molar-refractivity contribution >= 4 is 22.8 Å². The molecule has 2 aliphatic heterocycles. The molecule has 6 nitrogen and oxygen atoms in total. The summed E-state index contributed by atoms with van der Waals surface area (Å²) < 4.78 is 0. The summed E-state index contributed by atoms with van der Waals surface area (Å²) in [7, 11) is 0. The fourth-order valence-electron chi connectivity index (χ4n) is 4.71. The number of aromatic amines is 1. The molecule has 2 amide bonds. The number of quaternary nitrogens is 1. The number of hydrogen-bond acceptors (Lipinski definition) is 3. The van der Waals surface area contributed by atoms with Gasteiger partial charge in [-0.25, -0.2) is 4.98 Å². The lowest BCUT2D eigenvalue weighted by molar-refractivity contribution is -0.920. The van der Waals surface area contributed by atoms with Gasteiger partial charge in [-0.15, -0.1) is 0 Å². The zero-order valence-electron chi connectivity index (χ0n) is 16.3. The molecule has 1 aromatic heterocycles. The highest BCUT2D eigenvalue weighted by atomic mass is 16.2. The average molecular weight is 389 g/mol. The lowest BCUT2D eigenvalue weighted by Crippen LogP contribution is -3.17. The summed E-state index contributed by atoms with van der Waals surface area (Å²) >= 11 is 0. The number of para-hydroxylation sites is 2. The number of rotatable bonds is 4. The minimum Gasteiger partial charge on any atom is -0.342 e. The molecule has 6 heteroatoms. The molecule has 3 aromatic rings. The smallest absolute Gasteiger partial charge is 0.288 e. The van der Waals surface area contributed by atoms with Crippen molar-refractivity contribution in [2.24, 2.45) is 0 Å². The first-order valence-electron chi connectivity index (χ1n) is 10.4. The Balaban J connectivity index is 1.23. The molecule has 0 unspecified atom stereocenters. The summed E-state index contributed by atoms with van der Waals surface area (Å²) in [5.41, 5.74) is 3.07. The Morgan fingerprint density at radius 2 is 1.72 bits per heavy atom. The molecule has 29 heavy (non-hydrogen) atoms. The van der Waals surface area contributed by atoms with Crippen LogP contribution in [0.4, 0.5) is 0 Å². The molecule has 5 rings (SSSR count).